The van der Waals surface area contributed by atoms with Crippen LogP contribution in [0.2, 0.25) is 0 Å². The zero-order valence-corrected chi connectivity index (χ0v) is 66.0. The third kappa shape index (κ3) is 21.4. The Hall–Kier alpha value is -12.8. The Morgan fingerprint density at radius 3 is 0.717 bits per heavy atom. The first-order valence-electron chi connectivity index (χ1n) is 36.5. The van der Waals surface area contributed by atoms with Gasteiger partial charge in [0.1, 0.15) is 23.0 Å². The summed E-state index contributed by atoms with van der Waals surface area (Å²) in [6.07, 6.45) is 30.2. The number of rotatable bonds is 25. The lowest BCUT2D eigenvalue weighted by atomic mass is 10.2. The molecule has 0 saturated heterocycles. The van der Waals surface area contributed by atoms with Crippen LogP contribution in [0, 0.1) is 0 Å². The van der Waals surface area contributed by atoms with Crippen LogP contribution in [0.15, 0.2) is 214 Å². The molecule has 113 heavy (non-hydrogen) atoms. The first-order chi connectivity index (χ1) is 55.2. The van der Waals surface area contributed by atoms with Crippen molar-refractivity contribution in [3.63, 3.8) is 0 Å². The average molecular weight is 1590 g/mol. The van der Waals surface area contributed by atoms with E-state index in [-0.39, 0.29) is 22.2 Å². The fourth-order valence-corrected chi connectivity index (χ4v) is 14.0. The van der Waals surface area contributed by atoms with Crippen molar-refractivity contribution in [1.82, 2.24) is 83.2 Å². The minimum atomic E-state index is -0.169. The van der Waals surface area contributed by atoms with Gasteiger partial charge in [0.05, 0.1) is 44.6 Å². The SMILES string of the molecule is CCCCOc1ccc(-c2nc3s/c(=C/c4cccnc4)c(=O)n3n2)cc1.CCCCOc1ccc(-c2nc3s/c(=C/c4cccnc4)c(=O)n3n2)cc1.CCCCOc1ccc(-c2nc3s/c(=C/c4cccnc4)c(=O)n3n2)cc1.CCCCOc1ccc(-c2nc3s/c(=C/c4cccnc4)c(=O)n3n2)cc1.CN(C)C=O. The van der Waals surface area contributed by atoms with Crippen molar-refractivity contribution >= 4 is 95.9 Å². The standard InChI is InChI=1S/4C20H18N4O2S.C3H7NO/c4*1-2-3-11-26-16-8-6-15(7-9-16)18-22-20-24(23-18)19(25)17(27-20)12-14-5-4-10-21-13-14;1-4(2)3-5/h4*4-10,12-13H,2-3,11H2,1H3;3H,1-2H3/b4*17-12+;. The molecular weight excluding hydrogens is 1510 g/mol. The highest BCUT2D eigenvalue weighted by molar-refractivity contribution is 7.16. The molecule has 0 aliphatic rings. The Kier molecular flexibility index (Phi) is 28.1. The van der Waals surface area contributed by atoms with Gasteiger partial charge in [-0.3, -0.25) is 43.9 Å². The van der Waals surface area contributed by atoms with Gasteiger partial charge in [-0.05, 0) is 194 Å². The van der Waals surface area contributed by atoms with Crippen LogP contribution in [-0.4, -0.2) is 130 Å². The van der Waals surface area contributed by atoms with E-state index in [1.165, 1.54) is 68.3 Å². The summed E-state index contributed by atoms with van der Waals surface area (Å²) >= 11 is 5.28. The fraction of sp³-hybridized carbons (Fsp3) is 0.217. The summed E-state index contributed by atoms with van der Waals surface area (Å²) in [5.41, 5.74) is 6.23. The number of fused-ring (bicyclic) bond motifs is 4. The normalized spacial score (nSPS) is 11.7. The van der Waals surface area contributed by atoms with Crippen LogP contribution in [0.4, 0.5) is 0 Å². The number of nitrogens with zero attached hydrogens (tertiary/aromatic N) is 17. The van der Waals surface area contributed by atoms with Crippen LogP contribution in [0.25, 0.3) is 89.7 Å². The second-order valence-electron chi connectivity index (χ2n) is 25.3. The quantitative estimate of drug-likeness (QED) is 0.0379. The summed E-state index contributed by atoms with van der Waals surface area (Å²) in [4.78, 5) is 97.8. The summed E-state index contributed by atoms with van der Waals surface area (Å²) in [7, 11) is 3.38. The third-order valence-electron chi connectivity index (χ3n) is 16.4. The maximum atomic E-state index is 12.6. The van der Waals surface area contributed by atoms with Gasteiger partial charge in [0.25, 0.3) is 22.2 Å². The van der Waals surface area contributed by atoms with Gasteiger partial charge in [0.2, 0.25) is 26.3 Å². The van der Waals surface area contributed by atoms with E-state index >= 15 is 0 Å². The lowest BCUT2D eigenvalue weighted by molar-refractivity contribution is -0.115. The Bertz CT molecular complexity index is 5480. The predicted molar refractivity (Wildman–Crippen MR) is 444 cm³/mol. The molecule has 0 atom stereocenters. The molecule has 16 aromatic rings. The van der Waals surface area contributed by atoms with E-state index < -0.39 is 0 Å². The van der Waals surface area contributed by atoms with Gasteiger partial charge in [-0.25, -0.2) is 0 Å². The second-order valence-corrected chi connectivity index (χ2v) is 29.3. The van der Waals surface area contributed by atoms with Crippen LogP contribution >= 0.6 is 45.3 Å². The van der Waals surface area contributed by atoms with Gasteiger partial charge in [-0.2, -0.15) is 38.0 Å². The fourth-order valence-electron chi connectivity index (χ4n) is 10.4. The monoisotopic (exact) mass is 1590 g/mol. The third-order valence-corrected chi connectivity index (χ3v) is 20.2. The number of amides is 1. The van der Waals surface area contributed by atoms with Crippen molar-refractivity contribution in [3.8, 4) is 68.5 Å². The first kappa shape index (κ1) is 79.8. The van der Waals surface area contributed by atoms with E-state index in [4.69, 9.17) is 18.9 Å². The van der Waals surface area contributed by atoms with Crippen LogP contribution in [0.3, 0.4) is 0 Å². The van der Waals surface area contributed by atoms with Crippen LogP contribution < -0.4 is 59.3 Å². The van der Waals surface area contributed by atoms with Crippen molar-refractivity contribution in [1.29, 1.82) is 0 Å². The average Bonchev–Trinajstić information content (AvgIpc) is 1.65. The molecule has 0 bridgehead atoms. The first-order valence-corrected chi connectivity index (χ1v) is 39.8. The number of aromatic nitrogens is 16. The number of ether oxygens (including phenoxy) is 4. The molecule has 1 amide bonds. The summed E-state index contributed by atoms with van der Waals surface area (Å²) in [5, 5.41) is 17.5. The molecule has 0 aliphatic heterocycles. The maximum absolute atomic E-state index is 12.6. The molecule has 574 valence electrons. The van der Waals surface area contributed by atoms with Crippen molar-refractivity contribution in [2.45, 2.75) is 79.1 Å². The molecule has 0 fully saturated rings. The lowest BCUT2D eigenvalue weighted by Gasteiger charge is -2.05. The Labute approximate surface area is 663 Å². The molecule has 0 radical (unpaired) electrons. The summed E-state index contributed by atoms with van der Waals surface area (Å²) in [6.45, 7) is 11.4. The zero-order chi connectivity index (χ0) is 78.8. The van der Waals surface area contributed by atoms with E-state index in [1.807, 2.05) is 146 Å². The van der Waals surface area contributed by atoms with Crippen LogP contribution in [-0.2, 0) is 4.79 Å². The zero-order valence-electron chi connectivity index (χ0n) is 62.8. The smallest absolute Gasteiger partial charge is 0.291 e. The molecule has 4 aromatic carbocycles. The van der Waals surface area contributed by atoms with Crippen molar-refractivity contribution in [2.75, 3.05) is 40.5 Å². The Morgan fingerprint density at radius 1 is 0.336 bits per heavy atom. The summed E-state index contributed by atoms with van der Waals surface area (Å²) in [5.74, 6) is 5.44. The Morgan fingerprint density at radius 2 is 0.549 bits per heavy atom. The number of carbonyl (C=O) groups is 1. The van der Waals surface area contributed by atoms with E-state index in [2.05, 4.69) is 88.0 Å². The number of benzene rings is 4. The van der Waals surface area contributed by atoms with Crippen molar-refractivity contribution in [3.05, 3.63) is 277 Å². The molecule has 0 saturated carbocycles. The van der Waals surface area contributed by atoms with E-state index in [1.54, 1.807) is 88.0 Å². The highest BCUT2D eigenvalue weighted by Gasteiger charge is 2.17. The second kappa shape index (κ2) is 39.7. The van der Waals surface area contributed by atoms with E-state index in [0.717, 1.165) is 125 Å². The number of carbonyl (C=O) groups excluding carboxylic acids is 1. The van der Waals surface area contributed by atoms with Crippen LogP contribution in [0.5, 0.6) is 23.0 Å². The lowest BCUT2D eigenvalue weighted by Crippen LogP contribution is -2.23. The molecule has 16 rings (SSSR count). The van der Waals surface area contributed by atoms with Crippen LogP contribution in [0.1, 0.15) is 101 Å². The molecule has 0 aliphatic carbocycles. The number of hydrogen-bond donors (Lipinski definition) is 0. The predicted octanol–water partition coefficient (Wildman–Crippen LogP) is 11.5. The van der Waals surface area contributed by atoms with Gasteiger partial charge < -0.3 is 23.8 Å². The summed E-state index contributed by atoms with van der Waals surface area (Å²) < 4.78 is 30.4. The molecule has 30 heteroatoms. The van der Waals surface area contributed by atoms with Gasteiger partial charge in [-0.1, -0.05) is 123 Å². The number of hydrogen-bond acceptors (Lipinski definition) is 25. The van der Waals surface area contributed by atoms with Gasteiger partial charge in [0.15, 0.2) is 23.3 Å². The maximum Gasteiger partial charge on any atom is 0.291 e. The van der Waals surface area contributed by atoms with E-state index in [9.17, 15) is 24.0 Å². The number of unbranched alkanes of at least 4 members (excludes halogenated alkanes) is 4. The molecule has 26 nitrogen and oxygen atoms in total. The highest BCUT2D eigenvalue weighted by atomic mass is 32.1. The topological polar surface area (TPSA) is 298 Å². The number of thiazole rings is 4. The highest BCUT2D eigenvalue weighted by Crippen LogP contribution is 2.26. The largest absolute Gasteiger partial charge is 0.494 e. The minimum absolute atomic E-state index is 0.169. The van der Waals surface area contributed by atoms with E-state index in [0.29, 0.717) is 87.7 Å². The van der Waals surface area contributed by atoms with Gasteiger partial charge in [-0.15, -0.1) is 20.4 Å². The number of pyridine rings is 4. The van der Waals surface area contributed by atoms with Crippen molar-refractivity contribution < 1.29 is 23.7 Å². The molecule has 0 spiro atoms. The molecule has 12 heterocycles. The van der Waals surface area contributed by atoms with Crippen molar-refractivity contribution in [2.24, 2.45) is 0 Å². The summed E-state index contributed by atoms with van der Waals surface area (Å²) in [6, 6.07) is 45.4. The molecule has 0 N–H and O–H groups in total. The molecule has 0 unspecified atom stereocenters. The Balaban J connectivity index is 0.000000137. The van der Waals surface area contributed by atoms with Gasteiger partial charge >= 0.3 is 0 Å². The van der Waals surface area contributed by atoms with Gasteiger partial charge in [0, 0.05) is 85.9 Å². The minimum Gasteiger partial charge on any atom is -0.494 e. The molecular formula is C83H79N17O9S4. The molecule has 12 aromatic heterocycles.